The Morgan fingerprint density at radius 1 is 1.39 bits per heavy atom. The van der Waals surface area contributed by atoms with Gasteiger partial charge in [-0.05, 0) is 31.0 Å². The fraction of sp³-hybridized carbons (Fsp3) is 0.538. The van der Waals surface area contributed by atoms with E-state index in [2.05, 4.69) is 0 Å². The van der Waals surface area contributed by atoms with E-state index in [0.717, 1.165) is 18.6 Å². The van der Waals surface area contributed by atoms with Crippen LogP contribution in [0.2, 0.25) is 0 Å². The van der Waals surface area contributed by atoms with Gasteiger partial charge in [0.1, 0.15) is 17.9 Å². The van der Waals surface area contributed by atoms with Crippen LogP contribution >= 0.6 is 0 Å². The molecule has 1 aliphatic heterocycles. The predicted octanol–water partition coefficient (Wildman–Crippen LogP) is 1.80. The molecule has 1 fully saturated rings. The number of benzene rings is 1. The molecule has 100 valence electrons. The van der Waals surface area contributed by atoms with Gasteiger partial charge in [0.2, 0.25) is 0 Å². The zero-order valence-electron chi connectivity index (χ0n) is 10.0. The Bertz CT molecular complexity index is 414. The molecule has 1 aromatic carbocycles. The minimum absolute atomic E-state index is 0.129. The normalized spacial score (nSPS) is 22.3. The molecule has 2 atom stereocenters. The molecule has 0 saturated carbocycles. The fourth-order valence-corrected chi connectivity index (χ4v) is 2.53. The Balaban J connectivity index is 2.23. The molecule has 5 heteroatoms. The van der Waals surface area contributed by atoms with Crippen LogP contribution < -0.4 is 0 Å². The lowest BCUT2D eigenvalue weighted by molar-refractivity contribution is -0.0218. The first kappa shape index (κ1) is 13.4. The molecular formula is C13H17F2NO2. The molecule has 0 aliphatic carbocycles. The molecule has 3 nitrogen and oxygen atoms in total. The molecule has 1 aromatic rings. The third-order valence-electron chi connectivity index (χ3n) is 3.38. The average molecular weight is 257 g/mol. The monoisotopic (exact) mass is 257 g/mol. The van der Waals surface area contributed by atoms with Gasteiger partial charge in [0.25, 0.3) is 0 Å². The molecule has 1 aliphatic rings. The van der Waals surface area contributed by atoms with Crippen LogP contribution in [0.5, 0.6) is 0 Å². The van der Waals surface area contributed by atoms with E-state index < -0.39 is 17.9 Å². The summed E-state index contributed by atoms with van der Waals surface area (Å²) in [4.78, 5) is 1.72. The molecule has 0 radical (unpaired) electrons. The first-order chi connectivity index (χ1) is 8.63. The molecule has 0 amide bonds. The van der Waals surface area contributed by atoms with Gasteiger partial charge in [-0.15, -0.1) is 0 Å². The lowest BCUT2D eigenvalue weighted by Gasteiger charge is -2.29. The summed E-state index contributed by atoms with van der Waals surface area (Å²) in [7, 11) is 0. The number of likely N-dealkylation sites (tertiary alicyclic amines) is 1. The van der Waals surface area contributed by atoms with Crippen molar-refractivity contribution in [3.8, 4) is 0 Å². The maximum Gasteiger partial charge on any atom is 0.128 e. The van der Waals surface area contributed by atoms with Crippen molar-refractivity contribution >= 4 is 0 Å². The van der Waals surface area contributed by atoms with Gasteiger partial charge in [-0.2, -0.15) is 0 Å². The third-order valence-corrected chi connectivity index (χ3v) is 3.38. The number of rotatable bonds is 4. The second-order valence-corrected chi connectivity index (χ2v) is 4.55. The highest BCUT2D eigenvalue weighted by atomic mass is 19.1. The summed E-state index contributed by atoms with van der Waals surface area (Å²) in [6.45, 7) is 0.498. The van der Waals surface area contributed by atoms with E-state index in [4.69, 9.17) is 5.11 Å². The fourth-order valence-electron chi connectivity index (χ4n) is 2.53. The lowest BCUT2D eigenvalue weighted by Crippen LogP contribution is -2.35. The summed E-state index contributed by atoms with van der Waals surface area (Å²) in [5.41, 5.74) is 0.282. The van der Waals surface area contributed by atoms with Crippen molar-refractivity contribution in [2.24, 2.45) is 0 Å². The van der Waals surface area contributed by atoms with Gasteiger partial charge in [0.15, 0.2) is 0 Å². The van der Waals surface area contributed by atoms with E-state index >= 15 is 0 Å². The highest BCUT2D eigenvalue weighted by Gasteiger charge is 2.32. The van der Waals surface area contributed by atoms with Gasteiger partial charge in [0.05, 0.1) is 0 Å². The van der Waals surface area contributed by atoms with Crippen molar-refractivity contribution < 1.29 is 19.0 Å². The summed E-state index contributed by atoms with van der Waals surface area (Å²) in [6, 6.07) is 3.06. The van der Waals surface area contributed by atoms with Gasteiger partial charge < -0.3 is 10.2 Å². The number of halogens is 2. The summed E-state index contributed by atoms with van der Waals surface area (Å²) in [5, 5.41) is 18.7. The van der Waals surface area contributed by atoms with E-state index in [1.807, 2.05) is 0 Å². The molecule has 0 spiro atoms. The number of hydrogen-bond acceptors (Lipinski definition) is 3. The van der Waals surface area contributed by atoms with Crippen LogP contribution in [0.4, 0.5) is 8.78 Å². The molecule has 18 heavy (non-hydrogen) atoms. The molecule has 1 saturated heterocycles. The van der Waals surface area contributed by atoms with Crippen LogP contribution in [0, 0.1) is 11.6 Å². The van der Waals surface area contributed by atoms with Crippen molar-refractivity contribution in [3.63, 3.8) is 0 Å². The van der Waals surface area contributed by atoms with E-state index in [-0.39, 0.29) is 24.6 Å². The third kappa shape index (κ3) is 2.68. The molecule has 0 bridgehead atoms. The Kier molecular flexibility index (Phi) is 4.27. The largest absolute Gasteiger partial charge is 0.396 e. The smallest absolute Gasteiger partial charge is 0.128 e. The van der Waals surface area contributed by atoms with Crippen LogP contribution in [0.15, 0.2) is 18.2 Å². The molecule has 2 unspecified atom stereocenters. The zero-order chi connectivity index (χ0) is 13.1. The van der Waals surface area contributed by atoms with E-state index in [0.29, 0.717) is 13.0 Å². The first-order valence-electron chi connectivity index (χ1n) is 6.13. The summed E-state index contributed by atoms with van der Waals surface area (Å²) in [5.74, 6) is -0.931. The van der Waals surface area contributed by atoms with Crippen LogP contribution in [-0.2, 0) is 0 Å². The zero-order valence-corrected chi connectivity index (χ0v) is 10.0. The first-order valence-corrected chi connectivity index (χ1v) is 6.13. The van der Waals surface area contributed by atoms with Crippen LogP contribution in [0.25, 0.3) is 0 Å². The van der Waals surface area contributed by atoms with Gasteiger partial charge >= 0.3 is 0 Å². The number of aliphatic hydroxyl groups excluding tert-OH is 2. The number of nitrogens with zero attached hydrogens (tertiary/aromatic N) is 1. The quantitative estimate of drug-likeness (QED) is 0.864. The Hall–Kier alpha value is -1.04. The molecule has 0 aromatic heterocycles. The standard InChI is InChI=1S/C13H17F2NO2/c14-9-3-4-11(15)10(8-9)12-2-1-6-16(12)13(18)5-7-17/h3-4,8,12-13,17-18H,1-2,5-7H2. The van der Waals surface area contributed by atoms with Gasteiger partial charge in [0, 0.05) is 31.2 Å². The van der Waals surface area contributed by atoms with Crippen molar-refractivity contribution in [1.82, 2.24) is 4.90 Å². The maximum absolute atomic E-state index is 13.7. The van der Waals surface area contributed by atoms with Gasteiger partial charge in [-0.1, -0.05) is 0 Å². The topological polar surface area (TPSA) is 43.7 Å². The number of aliphatic hydroxyl groups is 2. The van der Waals surface area contributed by atoms with Gasteiger partial charge in [-0.3, -0.25) is 4.90 Å². The van der Waals surface area contributed by atoms with Crippen LogP contribution in [0.3, 0.4) is 0 Å². The highest BCUT2D eigenvalue weighted by molar-refractivity contribution is 5.23. The van der Waals surface area contributed by atoms with Crippen molar-refractivity contribution in [1.29, 1.82) is 0 Å². The average Bonchev–Trinajstić information content (AvgIpc) is 2.81. The number of hydrogen-bond donors (Lipinski definition) is 2. The van der Waals surface area contributed by atoms with E-state index in [9.17, 15) is 13.9 Å². The van der Waals surface area contributed by atoms with E-state index in [1.54, 1.807) is 4.90 Å². The van der Waals surface area contributed by atoms with Crippen molar-refractivity contribution in [3.05, 3.63) is 35.4 Å². The van der Waals surface area contributed by atoms with Crippen molar-refractivity contribution in [2.45, 2.75) is 31.5 Å². The Labute approximate surface area is 105 Å². The Morgan fingerprint density at radius 2 is 2.17 bits per heavy atom. The molecule has 1 heterocycles. The lowest BCUT2D eigenvalue weighted by atomic mass is 10.0. The molecule has 2 N–H and O–H groups in total. The SMILES string of the molecule is OCCC(O)N1CCCC1c1cc(F)ccc1F. The second-order valence-electron chi connectivity index (χ2n) is 4.55. The van der Waals surface area contributed by atoms with E-state index in [1.165, 1.54) is 6.07 Å². The minimum Gasteiger partial charge on any atom is -0.396 e. The second kappa shape index (κ2) is 5.73. The maximum atomic E-state index is 13.7. The van der Waals surface area contributed by atoms with Crippen LogP contribution in [0.1, 0.15) is 30.9 Å². The van der Waals surface area contributed by atoms with Crippen molar-refractivity contribution in [2.75, 3.05) is 13.2 Å². The summed E-state index contributed by atoms with van der Waals surface area (Å²) >= 11 is 0. The Morgan fingerprint density at radius 3 is 2.89 bits per heavy atom. The summed E-state index contributed by atoms with van der Waals surface area (Å²) in [6.07, 6.45) is 0.907. The highest BCUT2D eigenvalue weighted by Crippen LogP contribution is 2.35. The van der Waals surface area contributed by atoms with Gasteiger partial charge in [-0.25, -0.2) is 8.78 Å². The summed E-state index contributed by atoms with van der Waals surface area (Å²) < 4.78 is 26.9. The predicted molar refractivity (Wildman–Crippen MR) is 62.7 cm³/mol. The van der Waals surface area contributed by atoms with Crippen LogP contribution in [-0.4, -0.2) is 34.5 Å². The molecule has 2 rings (SSSR count). The minimum atomic E-state index is -0.815. The molecular weight excluding hydrogens is 240 g/mol.